The molecule has 3 rings (SSSR count). The maximum atomic E-state index is 12.6. The molecule has 0 saturated heterocycles. The molecule has 7 nitrogen and oxygen atoms in total. The van der Waals surface area contributed by atoms with E-state index in [9.17, 15) is 9.59 Å². The van der Waals surface area contributed by atoms with Crippen LogP contribution < -0.4 is 4.90 Å². The topological polar surface area (TPSA) is 73.7 Å². The van der Waals surface area contributed by atoms with Gasteiger partial charge in [0.05, 0.1) is 30.5 Å². The third-order valence-electron chi connectivity index (χ3n) is 3.85. The van der Waals surface area contributed by atoms with Gasteiger partial charge in [0.1, 0.15) is 11.4 Å². The number of halogens is 1. The van der Waals surface area contributed by atoms with Crippen LogP contribution in [0.5, 0.6) is 0 Å². The Kier molecular flexibility index (Phi) is 5.42. The average Bonchev–Trinajstić information content (AvgIpc) is 3.12. The lowest BCUT2D eigenvalue weighted by atomic mass is 10.1. The minimum absolute atomic E-state index is 0.00465. The standard InChI is InChI=1S/C19H16ClN3O4/c1-26-18(24)13-7-3-4-11-22(16(13)19(25)27-2)15-9-5-8-14(20)17(15)23-12-6-10-21-23/h3-12H,1-2H3. The number of nitrogens with zero attached hydrogens (tertiary/aromatic N) is 3. The summed E-state index contributed by atoms with van der Waals surface area (Å²) in [5.74, 6) is -1.36. The van der Waals surface area contributed by atoms with E-state index in [1.54, 1.807) is 59.7 Å². The second-order valence-electron chi connectivity index (χ2n) is 5.37. The molecule has 2 heterocycles. The summed E-state index contributed by atoms with van der Waals surface area (Å²) in [6.45, 7) is 0. The molecule has 1 aromatic heterocycles. The Morgan fingerprint density at radius 1 is 1.07 bits per heavy atom. The van der Waals surface area contributed by atoms with Crippen LogP contribution in [0.25, 0.3) is 5.69 Å². The average molecular weight is 386 g/mol. The monoisotopic (exact) mass is 385 g/mol. The van der Waals surface area contributed by atoms with Gasteiger partial charge in [-0.1, -0.05) is 23.7 Å². The van der Waals surface area contributed by atoms with Crippen LogP contribution in [0.2, 0.25) is 5.02 Å². The highest BCUT2D eigenvalue weighted by molar-refractivity contribution is 6.33. The molecule has 0 unspecified atom stereocenters. The van der Waals surface area contributed by atoms with Crippen LogP contribution in [0.1, 0.15) is 0 Å². The van der Waals surface area contributed by atoms with Crippen molar-refractivity contribution in [2.24, 2.45) is 0 Å². The fraction of sp³-hybridized carbons (Fsp3) is 0.105. The van der Waals surface area contributed by atoms with Gasteiger partial charge in [-0.05, 0) is 30.4 Å². The van der Waals surface area contributed by atoms with Crippen molar-refractivity contribution in [3.63, 3.8) is 0 Å². The smallest absolute Gasteiger partial charge is 0.355 e. The van der Waals surface area contributed by atoms with E-state index in [0.717, 1.165) is 0 Å². The van der Waals surface area contributed by atoms with Crippen molar-refractivity contribution < 1.29 is 19.1 Å². The fourth-order valence-corrected chi connectivity index (χ4v) is 2.93. The van der Waals surface area contributed by atoms with E-state index in [-0.39, 0.29) is 11.3 Å². The molecule has 138 valence electrons. The number of carbonyl (C=O) groups is 2. The van der Waals surface area contributed by atoms with Crippen LogP contribution in [0.4, 0.5) is 5.69 Å². The van der Waals surface area contributed by atoms with Gasteiger partial charge in [-0.15, -0.1) is 0 Å². The number of rotatable bonds is 4. The molecule has 0 N–H and O–H groups in total. The molecule has 0 radical (unpaired) electrons. The molecule has 0 amide bonds. The van der Waals surface area contributed by atoms with Crippen molar-refractivity contribution in [3.05, 3.63) is 77.4 Å². The molecule has 27 heavy (non-hydrogen) atoms. The Labute approximate surface area is 160 Å². The highest BCUT2D eigenvalue weighted by Gasteiger charge is 2.29. The summed E-state index contributed by atoms with van der Waals surface area (Å²) < 4.78 is 11.3. The van der Waals surface area contributed by atoms with Gasteiger partial charge in [0.2, 0.25) is 0 Å². The van der Waals surface area contributed by atoms with Gasteiger partial charge >= 0.3 is 11.9 Å². The molecule has 0 saturated carbocycles. The zero-order valence-corrected chi connectivity index (χ0v) is 15.4. The van der Waals surface area contributed by atoms with E-state index < -0.39 is 11.9 Å². The number of aromatic nitrogens is 2. The number of anilines is 1. The van der Waals surface area contributed by atoms with Gasteiger partial charge in [0, 0.05) is 18.6 Å². The van der Waals surface area contributed by atoms with Crippen molar-refractivity contribution in [3.8, 4) is 5.69 Å². The third kappa shape index (κ3) is 3.50. The molecular weight excluding hydrogens is 370 g/mol. The van der Waals surface area contributed by atoms with Crippen LogP contribution in [0.15, 0.2) is 72.4 Å². The highest BCUT2D eigenvalue weighted by atomic mass is 35.5. The van der Waals surface area contributed by atoms with Gasteiger partial charge in [-0.25, -0.2) is 14.3 Å². The first kappa shape index (κ1) is 18.5. The molecule has 8 heteroatoms. The maximum absolute atomic E-state index is 12.6. The Morgan fingerprint density at radius 2 is 1.85 bits per heavy atom. The van der Waals surface area contributed by atoms with E-state index in [0.29, 0.717) is 16.4 Å². The summed E-state index contributed by atoms with van der Waals surface area (Å²) in [5, 5.41) is 4.65. The number of benzene rings is 1. The Balaban J connectivity index is 2.28. The molecular formula is C19H16ClN3O4. The minimum atomic E-state index is -0.696. The van der Waals surface area contributed by atoms with Gasteiger partial charge in [0.25, 0.3) is 0 Å². The number of methoxy groups -OCH3 is 2. The lowest BCUT2D eigenvalue weighted by molar-refractivity contribution is -0.139. The van der Waals surface area contributed by atoms with Crippen LogP contribution in [0, 0.1) is 0 Å². The highest BCUT2D eigenvalue weighted by Crippen LogP contribution is 2.35. The van der Waals surface area contributed by atoms with Crippen molar-refractivity contribution in [2.45, 2.75) is 0 Å². The van der Waals surface area contributed by atoms with Crippen molar-refractivity contribution in [2.75, 3.05) is 19.1 Å². The van der Waals surface area contributed by atoms with Crippen LogP contribution >= 0.6 is 11.6 Å². The van der Waals surface area contributed by atoms with Crippen molar-refractivity contribution in [1.82, 2.24) is 9.78 Å². The van der Waals surface area contributed by atoms with Crippen molar-refractivity contribution in [1.29, 1.82) is 0 Å². The Hall–Kier alpha value is -3.32. The summed E-state index contributed by atoms with van der Waals surface area (Å²) in [6.07, 6.45) is 9.79. The van der Waals surface area contributed by atoms with E-state index in [2.05, 4.69) is 5.10 Å². The molecule has 0 bridgehead atoms. The molecule has 1 aromatic carbocycles. The SMILES string of the molecule is COC(=O)C1=C(C(=O)OC)N(c2cccc(Cl)c2-n2cccn2)C=CC=C1. The number of hydrogen-bond donors (Lipinski definition) is 0. The van der Waals surface area contributed by atoms with Crippen molar-refractivity contribution >= 4 is 29.2 Å². The third-order valence-corrected chi connectivity index (χ3v) is 4.15. The fourth-order valence-electron chi connectivity index (χ4n) is 2.68. The number of allylic oxidation sites excluding steroid dienone is 2. The lowest BCUT2D eigenvalue weighted by Gasteiger charge is -2.25. The first-order chi connectivity index (χ1) is 13.1. The summed E-state index contributed by atoms with van der Waals surface area (Å²) >= 11 is 6.42. The number of ether oxygens (including phenoxy) is 2. The van der Waals surface area contributed by atoms with E-state index in [1.165, 1.54) is 25.2 Å². The first-order valence-corrected chi connectivity index (χ1v) is 8.29. The van der Waals surface area contributed by atoms with E-state index in [1.807, 2.05) is 0 Å². The predicted octanol–water partition coefficient (Wildman–Crippen LogP) is 3.02. The van der Waals surface area contributed by atoms with E-state index >= 15 is 0 Å². The van der Waals surface area contributed by atoms with E-state index in [4.69, 9.17) is 21.1 Å². The summed E-state index contributed by atoms with van der Waals surface area (Å²) in [7, 11) is 2.49. The number of para-hydroxylation sites is 1. The molecule has 1 aliphatic rings. The van der Waals surface area contributed by atoms with Crippen LogP contribution in [-0.2, 0) is 19.1 Å². The second-order valence-corrected chi connectivity index (χ2v) is 5.78. The van der Waals surface area contributed by atoms with Gasteiger partial charge < -0.3 is 14.4 Å². The molecule has 2 aromatic rings. The molecule has 1 aliphatic heterocycles. The largest absolute Gasteiger partial charge is 0.465 e. The summed E-state index contributed by atoms with van der Waals surface area (Å²) in [5.41, 5.74) is 1.14. The predicted molar refractivity (Wildman–Crippen MR) is 100 cm³/mol. The number of hydrogen-bond acceptors (Lipinski definition) is 6. The molecule has 0 atom stereocenters. The van der Waals surface area contributed by atoms with Gasteiger partial charge in [0.15, 0.2) is 0 Å². The van der Waals surface area contributed by atoms with Gasteiger partial charge in [-0.2, -0.15) is 5.10 Å². The Morgan fingerprint density at radius 3 is 2.52 bits per heavy atom. The zero-order valence-electron chi connectivity index (χ0n) is 14.6. The zero-order chi connectivity index (χ0) is 19.4. The number of esters is 2. The Bertz CT molecular complexity index is 961. The quantitative estimate of drug-likeness (QED) is 0.753. The minimum Gasteiger partial charge on any atom is -0.465 e. The second kappa shape index (κ2) is 7.92. The van der Waals surface area contributed by atoms with Crippen LogP contribution in [0.3, 0.4) is 0 Å². The summed E-state index contributed by atoms with van der Waals surface area (Å²) in [6, 6.07) is 6.97. The van der Waals surface area contributed by atoms with Crippen LogP contribution in [-0.4, -0.2) is 35.9 Å². The maximum Gasteiger partial charge on any atom is 0.355 e. The number of carbonyl (C=O) groups excluding carboxylic acids is 2. The normalized spacial score (nSPS) is 13.5. The lowest BCUT2D eigenvalue weighted by Crippen LogP contribution is -2.27. The van der Waals surface area contributed by atoms with Gasteiger partial charge in [-0.3, -0.25) is 0 Å². The molecule has 0 aliphatic carbocycles. The first-order valence-electron chi connectivity index (χ1n) is 7.92. The summed E-state index contributed by atoms with van der Waals surface area (Å²) in [4.78, 5) is 26.4. The molecule has 0 fully saturated rings. The molecule has 0 spiro atoms.